The number of hydrogen-bond donors (Lipinski definition) is 1. The zero-order valence-electron chi connectivity index (χ0n) is 11.7. The van der Waals surface area contributed by atoms with Crippen LogP contribution in [-0.2, 0) is 0 Å². The highest BCUT2D eigenvalue weighted by molar-refractivity contribution is 8.15. The zero-order chi connectivity index (χ0) is 13.8. The minimum Gasteiger partial charge on any atom is -0.334 e. The molecule has 0 aromatic heterocycles. The summed E-state index contributed by atoms with van der Waals surface area (Å²) in [6.07, 6.45) is 2.45. The molecule has 1 unspecified atom stereocenters. The van der Waals surface area contributed by atoms with Gasteiger partial charge in [-0.2, -0.15) is 0 Å². The molecule has 19 heavy (non-hydrogen) atoms. The smallest absolute Gasteiger partial charge is 0.161 e. The van der Waals surface area contributed by atoms with Crippen LogP contribution in [0.5, 0.6) is 0 Å². The highest BCUT2D eigenvalue weighted by Crippen LogP contribution is 2.33. The largest absolute Gasteiger partial charge is 0.334 e. The molecule has 1 aromatic carbocycles. The van der Waals surface area contributed by atoms with Crippen LogP contribution in [0.25, 0.3) is 0 Å². The fraction of sp³-hybridized carbons (Fsp3) is 0.533. The molecule has 0 spiro atoms. The molecule has 2 rings (SSSR count). The maximum absolute atomic E-state index is 6.23. The average molecular weight is 297 g/mol. The summed E-state index contributed by atoms with van der Waals surface area (Å²) in [4.78, 5) is 4.62. The minimum absolute atomic E-state index is 0.611. The normalized spacial score (nSPS) is 18.8. The van der Waals surface area contributed by atoms with E-state index in [1.807, 2.05) is 23.9 Å². The van der Waals surface area contributed by atoms with Gasteiger partial charge >= 0.3 is 0 Å². The third-order valence-corrected chi connectivity index (χ3v) is 5.31. The summed E-state index contributed by atoms with van der Waals surface area (Å²) < 4.78 is 0. The van der Waals surface area contributed by atoms with Crippen molar-refractivity contribution in [2.45, 2.75) is 38.9 Å². The number of nitrogens with one attached hydrogen (secondary N) is 1. The van der Waals surface area contributed by atoms with Gasteiger partial charge in [0.2, 0.25) is 0 Å². The van der Waals surface area contributed by atoms with Gasteiger partial charge in [-0.1, -0.05) is 62.2 Å². The van der Waals surface area contributed by atoms with Crippen LogP contribution in [0, 0.1) is 12.8 Å². The molecule has 1 aliphatic heterocycles. The van der Waals surface area contributed by atoms with Crippen molar-refractivity contribution in [3.8, 4) is 0 Å². The number of para-hydroxylation sites is 1. The molecule has 0 saturated heterocycles. The molecular formula is C15H21ClN2S. The Balaban J connectivity index is 2.02. The molecular weight excluding hydrogens is 276 g/mol. The quantitative estimate of drug-likeness (QED) is 0.848. The number of aliphatic imine (C=N–C) groups is 1. The second kappa shape index (κ2) is 6.67. The van der Waals surface area contributed by atoms with Crippen molar-refractivity contribution in [2.75, 3.05) is 11.9 Å². The van der Waals surface area contributed by atoms with E-state index >= 15 is 0 Å². The van der Waals surface area contributed by atoms with Crippen LogP contribution < -0.4 is 5.32 Å². The van der Waals surface area contributed by atoms with Gasteiger partial charge in [0, 0.05) is 5.25 Å². The highest BCUT2D eigenvalue weighted by Gasteiger charge is 2.26. The lowest BCUT2D eigenvalue weighted by Crippen LogP contribution is -2.17. The number of amidine groups is 1. The topological polar surface area (TPSA) is 24.4 Å². The van der Waals surface area contributed by atoms with Crippen molar-refractivity contribution in [3.63, 3.8) is 0 Å². The molecule has 104 valence electrons. The third-order valence-electron chi connectivity index (χ3n) is 3.71. The molecule has 1 aromatic rings. The van der Waals surface area contributed by atoms with Crippen molar-refractivity contribution >= 4 is 34.2 Å². The van der Waals surface area contributed by atoms with Gasteiger partial charge in [0.15, 0.2) is 5.17 Å². The standard InChI is InChI=1S/C15H21ClN2S/c1-4-11(5-2)13-9-17-15(19-13)18-14-10(3)7-6-8-12(14)16/h6-8,11,13H,4-5,9H2,1-3H3,(H,17,18). The van der Waals surface area contributed by atoms with Gasteiger partial charge in [0.05, 0.1) is 17.3 Å². The lowest BCUT2D eigenvalue weighted by atomic mass is 9.99. The zero-order valence-corrected chi connectivity index (χ0v) is 13.3. The van der Waals surface area contributed by atoms with Crippen molar-refractivity contribution in [1.29, 1.82) is 0 Å². The van der Waals surface area contributed by atoms with Crippen molar-refractivity contribution in [1.82, 2.24) is 0 Å². The number of benzene rings is 1. The molecule has 1 N–H and O–H groups in total. The van der Waals surface area contributed by atoms with Crippen LogP contribution in [-0.4, -0.2) is 17.0 Å². The Bertz CT molecular complexity index is 449. The van der Waals surface area contributed by atoms with Crippen LogP contribution in [0.3, 0.4) is 0 Å². The van der Waals surface area contributed by atoms with Crippen LogP contribution in [0.15, 0.2) is 23.2 Å². The number of anilines is 1. The first-order valence-electron chi connectivity index (χ1n) is 6.88. The van der Waals surface area contributed by atoms with Gasteiger partial charge < -0.3 is 5.32 Å². The number of thioether (sulfide) groups is 1. The molecule has 0 fully saturated rings. The molecule has 1 aliphatic rings. The monoisotopic (exact) mass is 296 g/mol. The summed E-state index contributed by atoms with van der Waals surface area (Å²) in [5, 5.41) is 5.77. The van der Waals surface area contributed by atoms with E-state index in [4.69, 9.17) is 11.6 Å². The fourth-order valence-corrected chi connectivity index (χ4v) is 4.01. The number of rotatable bonds is 4. The van der Waals surface area contributed by atoms with Crippen molar-refractivity contribution in [3.05, 3.63) is 28.8 Å². The molecule has 0 aliphatic carbocycles. The van der Waals surface area contributed by atoms with Crippen LogP contribution in [0.2, 0.25) is 5.02 Å². The van der Waals surface area contributed by atoms with Crippen LogP contribution >= 0.6 is 23.4 Å². The molecule has 1 atom stereocenters. The number of aryl methyl sites for hydroxylation is 1. The summed E-state index contributed by atoms with van der Waals surface area (Å²) in [5.74, 6) is 0.750. The van der Waals surface area contributed by atoms with E-state index in [1.165, 1.54) is 12.8 Å². The van der Waals surface area contributed by atoms with Crippen molar-refractivity contribution in [2.24, 2.45) is 10.9 Å². The van der Waals surface area contributed by atoms with Gasteiger partial charge in [-0.3, -0.25) is 4.99 Å². The second-order valence-electron chi connectivity index (χ2n) is 4.94. The fourth-order valence-electron chi connectivity index (χ4n) is 2.42. The Kier molecular flexibility index (Phi) is 5.17. The van der Waals surface area contributed by atoms with Gasteiger partial charge in [-0.25, -0.2) is 0 Å². The first-order chi connectivity index (χ1) is 9.15. The van der Waals surface area contributed by atoms with Gasteiger partial charge in [0.25, 0.3) is 0 Å². The third kappa shape index (κ3) is 3.46. The molecule has 1 heterocycles. The molecule has 2 nitrogen and oxygen atoms in total. The summed E-state index contributed by atoms with van der Waals surface area (Å²) in [5.41, 5.74) is 2.14. The second-order valence-corrected chi connectivity index (χ2v) is 6.57. The summed E-state index contributed by atoms with van der Waals surface area (Å²) in [6.45, 7) is 7.51. The van der Waals surface area contributed by atoms with E-state index < -0.39 is 0 Å². The highest BCUT2D eigenvalue weighted by atomic mass is 35.5. The predicted octanol–water partition coefficient (Wildman–Crippen LogP) is 4.97. The predicted molar refractivity (Wildman–Crippen MR) is 87.6 cm³/mol. The molecule has 0 bridgehead atoms. The Labute approximate surface area is 125 Å². The van der Waals surface area contributed by atoms with Crippen LogP contribution in [0.1, 0.15) is 32.3 Å². The Morgan fingerprint density at radius 1 is 1.42 bits per heavy atom. The molecule has 0 amide bonds. The lowest BCUT2D eigenvalue weighted by Gasteiger charge is -2.19. The summed E-state index contributed by atoms with van der Waals surface area (Å²) >= 11 is 8.10. The number of hydrogen-bond acceptors (Lipinski definition) is 3. The number of nitrogens with zero attached hydrogens (tertiary/aromatic N) is 1. The van der Waals surface area contributed by atoms with E-state index in [1.54, 1.807) is 0 Å². The lowest BCUT2D eigenvalue weighted by molar-refractivity contribution is 0.479. The van der Waals surface area contributed by atoms with E-state index in [9.17, 15) is 0 Å². The van der Waals surface area contributed by atoms with E-state index in [0.29, 0.717) is 5.25 Å². The molecule has 0 radical (unpaired) electrons. The van der Waals surface area contributed by atoms with Crippen LogP contribution in [0.4, 0.5) is 5.69 Å². The van der Waals surface area contributed by atoms with Gasteiger partial charge in [-0.05, 0) is 24.5 Å². The number of halogens is 1. The molecule has 0 saturated carbocycles. The van der Waals surface area contributed by atoms with E-state index in [0.717, 1.165) is 33.9 Å². The Morgan fingerprint density at radius 2 is 2.16 bits per heavy atom. The van der Waals surface area contributed by atoms with E-state index in [-0.39, 0.29) is 0 Å². The van der Waals surface area contributed by atoms with Gasteiger partial charge in [-0.15, -0.1) is 0 Å². The first-order valence-corrected chi connectivity index (χ1v) is 8.14. The summed E-state index contributed by atoms with van der Waals surface area (Å²) in [6, 6.07) is 5.95. The average Bonchev–Trinajstić information content (AvgIpc) is 2.84. The van der Waals surface area contributed by atoms with E-state index in [2.05, 4.69) is 37.1 Å². The van der Waals surface area contributed by atoms with Crippen molar-refractivity contribution < 1.29 is 0 Å². The maximum Gasteiger partial charge on any atom is 0.161 e. The maximum atomic E-state index is 6.23. The SMILES string of the molecule is CCC(CC)C1CN=C(Nc2c(C)cccc2Cl)S1. The molecule has 4 heteroatoms. The summed E-state index contributed by atoms with van der Waals surface area (Å²) in [7, 11) is 0. The van der Waals surface area contributed by atoms with Gasteiger partial charge in [0.1, 0.15) is 0 Å². The first kappa shape index (κ1) is 14.7. The minimum atomic E-state index is 0.611. The Hall–Kier alpha value is -0.670. The Morgan fingerprint density at radius 3 is 2.79 bits per heavy atom.